The van der Waals surface area contributed by atoms with Crippen molar-refractivity contribution < 1.29 is 9.53 Å². The van der Waals surface area contributed by atoms with Gasteiger partial charge in [0.2, 0.25) is 0 Å². The number of nitrogens with one attached hydrogen (secondary N) is 2. The fourth-order valence-electron chi connectivity index (χ4n) is 4.15. The standard InChI is InChI=1S/C26H23ClN4O3/c27-19-6-7-20-22(15-19)29-16-21(25(20)32)24(17-4-2-1-3-5-17)30-26(33)18-8-9-28-23(14-18)31-10-12-34-13-11-31/h1-9,14-16,24H,10-13H2,(H,29,32)(H,30,33). The maximum absolute atomic E-state index is 13.4. The van der Waals surface area contributed by atoms with E-state index >= 15 is 0 Å². The number of H-pyrrole nitrogens is 1. The van der Waals surface area contributed by atoms with Gasteiger partial charge in [-0.1, -0.05) is 41.9 Å². The van der Waals surface area contributed by atoms with Crippen LogP contribution >= 0.6 is 11.6 Å². The number of amides is 1. The van der Waals surface area contributed by atoms with E-state index in [9.17, 15) is 9.59 Å². The molecule has 3 heterocycles. The van der Waals surface area contributed by atoms with Crippen LogP contribution < -0.4 is 15.6 Å². The molecule has 0 radical (unpaired) electrons. The molecule has 0 aliphatic carbocycles. The second-order valence-corrected chi connectivity index (χ2v) is 8.52. The average Bonchev–Trinajstić information content (AvgIpc) is 2.89. The van der Waals surface area contributed by atoms with Crippen LogP contribution in [0.3, 0.4) is 0 Å². The molecule has 34 heavy (non-hydrogen) atoms. The first-order valence-electron chi connectivity index (χ1n) is 11.1. The highest BCUT2D eigenvalue weighted by molar-refractivity contribution is 6.31. The Morgan fingerprint density at radius 2 is 1.88 bits per heavy atom. The summed E-state index contributed by atoms with van der Waals surface area (Å²) in [4.78, 5) is 36.4. The number of carbonyl (C=O) groups excluding carboxylic acids is 1. The lowest BCUT2D eigenvalue weighted by Crippen LogP contribution is -2.37. The fourth-order valence-corrected chi connectivity index (χ4v) is 4.32. The molecule has 1 amide bonds. The number of aromatic amines is 1. The molecule has 5 rings (SSSR count). The van der Waals surface area contributed by atoms with Crippen LogP contribution in [0, 0.1) is 0 Å². The van der Waals surface area contributed by atoms with Gasteiger partial charge in [0.05, 0.1) is 24.8 Å². The van der Waals surface area contributed by atoms with E-state index in [1.807, 2.05) is 30.3 Å². The first-order valence-corrected chi connectivity index (χ1v) is 11.4. The molecule has 1 saturated heterocycles. The lowest BCUT2D eigenvalue weighted by Gasteiger charge is -2.28. The van der Waals surface area contributed by atoms with Gasteiger partial charge in [-0.3, -0.25) is 9.59 Å². The summed E-state index contributed by atoms with van der Waals surface area (Å²) < 4.78 is 5.41. The predicted molar refractivity (Wildman–Crippen MR) is 133 cm³/mol. The Bertz CT molecular complexity index is 1380. The van der Waals surface area contributed by atoms with E-state index in [1.165, 1.54) is 0 Å². The Labute approximate surface area is 201 Å². The van der Waals surface area contributed by atoms with Crippen molar-refractivity contribution in [1.29, 1.82) is 0 Å². The largest absolute Gasteiger partial charge is 0.378 e. The number of halogens is 1. The lowest BCUT2D eigenvalue weighted by atomic mass is 9.98. The number of aromatic nitrogens is 2. The van der Waals surface area contributed by atoms with Gasteiger partial charge in [0, 0.05) is 47.0 Å². The van der Waals surface area contributed by atoms with Crippen LogP contribution in [0.15, 0.2) is 77.9 Å². The third kappa shape index (κ3) is 4.53. The van der Waals surface area contributed by atoms with Gasteiger partial charge >= 0.3 is 0 Å². The molecule has 7 nitrogen and oxygen atoms in total. The minimum Gasteiger partial charge on any atom is -0.378 e. The topological polar surface area (TPSA) is 87.3 Å². The molecule has 1 fully saturated rings. The molecule has 1 aliphatic heterocycles. The predicted octanol–water partition coefficient (Wildman–Crippen LogP) is 3.93. The van der Waals surface area contributed by atoms with Gasteiger partial charge in [-0.2, -0.15) is 0 Å². The molecule has 2 aromatic carbocycles. The molecule has 0 saturated carbocycles. The number of anilines is 1. The number of carbonyl (C=O) groups is 1. The van der Waals surface area contributed by atoms with Crippen molar-refractivity contribution in [2.45, 2.75) is 6.04 Å². The summed E-state index contributed by atoms with van der Waals surface area (Å²) in [6, 6.07) is 17.3. The minimum absolute atomic E-state index is 0.164. The summed E-state index contributed by atoms with van der Waals surface area (Å²) >= 11 is 6.08. The van der Waals surface area contributed by atoms with Crippen molar-refractivity contribution in [3.05, 3.63) is 105 Å². The van der Waals surface area contributed by atoms with E-state index in [0.29, 0.717) is 40.3 Å². The van der Waals surface area contributed by atoms with Crippen molar-refractivity contribution >= 4 is 34.2 Å². The first kappa shape index (κ1) is 22.1. The second kappa shape index (κ2) is 9.67. The van der Waals surface area contributed by atoms with Crippen LogP contribution in [0.5, 0.6) is 0 Å². The van der Waals surface area contributed by atoms with Gasteiger partial charge in [-0.15, -0.1) is 0 Å². The number of ether oxygens (including phenoxy) is 1. The Hall–Kier alpha value is -3.68. The molecule has 2 aromatic heterocycles. The van der Waals surface area contributed by atoms with Gasteiger partial charge < -0.3 is 19.9 Å². The second-order valence-electron chi connectivity index (χ2n) is 8.08. The summed E-state index contributed by atoms with van der Waals surface area (Å²) in [5.41, 5.74) is 2.20. The SMILES string of the molecule is O=C(NC(c1ccccc1)c1c[nH]c2cc(Cl)ccc2c1=O)c1ccnc(N2CCOCC2)c1. The summed E-state index contributed by atoms with van der Waals surface area (Å²) in [5.74, 6) is 0.439. The van der Waals surface area contributed by atoms with Crippen molar-refractivity contribution in [3.8, 4) is 0 Å². The quantitative estimate of drug-likeness (QED) is 0.457. The molecule has 172 valence electrons. The third-order valence-corrected chi connectivity index (χ3v) is 6.17. The molecule has 1 atom stereocenters. The molecule has 2 N–H and O–H groups in total. The third-order valence-electron chi connectivity index (χ3n) is 5.93. The number of morpholine rings is 1. The van der Waals surface area contributed by atoms with Crippen LogP contribution in [0.4, 0.5) is 5.82 Å². The molecule has 4 aromatic rings. The van der Waals surface area contributed by atoms with Gasteiger partial charge in [-0.25, -0.2) is 4.98 Å². The van der Waals surface area contributed by atoms with Gasteiger partial charge in [0.25, 0.3) is 5.91 Å². The zero-order chi connectivity index (χ0) is 23.5. The normalized spacial score (nSPS) is 14.7. The summed E-state index contributed by atoms with van der Waals surface area (Å²) in [5, 5.41) is 4.11. The molecular formula is C26H23ClN4O3. The van der Waals surface area contributed by atoms with Crippen LogP contribution in [-0.4, -0.2) is 42.2 Å². The molecule has 8 heteroatoms. The number of hydrogen-bond donors (Lipinski definition) is 2. The lowest BCUT2D eigenvalue weighted by molar-refractivity contribution is 0.0942. The number of pyridine rings is 2. The van der Waals surface area contributed by atoms with E-state index in [-0.39, 0.29) is 11.3 Å². The van der Waals surface area contributed by atoms with Gasteiger partial charge in [0.1, 0.15) is 5.82 Å². The highest BCUT2D eigenvalue weighted by Gasteiger charge is 2.22. The number of rotatable bonds is 5. The highest BCUT2D eigenvalue weighted by Crippen LogP contribution is 2.23. The van der Waals surface area contributed by atoms with E-state index in [0.717, 1.165) is 24.5 Å². The smallest absolute Gasteiger partial charge is 0.252 e. The summed E-state index contributed by atoms with van der Waals surface area (Å²) in [6.07, 6.45) is 3.27. The van der Waals surface area contributed by atoms with E-state index in [4.69, 9.17) is 16.3 Å². The molecule has 0 bridgehead atoms. The van der Waals surface area contributed by atoms with Crippen LogP contribution in [-0.2, 0) is 4.74 Å². The molecule has 1 unspecified atom stereocenters. The number of hydrogen-bond acceptors (Lipinski definition) is 5. The van der Waals surface area contributed by atoms with Crippen LogP contribution in [0.25, 0.3) is 10.9 Å². The molecule has 1 aliphatic rings. The zero-order valence-electron chi connectivity index (χ0n) is 18.3. The van der Waals surface area contributed by atoms with Crippen molar-refractivity contribution in [2.24, 2.45) is 0 Å². The van der Waals surface area contributed by atoms with Crippen LogP contribution in [0.2, 0.25) is 5.02 Å². The maximum Gasteiger partial charge on any atom is 0.252 e. The minimum atomic E-state index is -0.641. The average molecular weight is 475 g/mol. The maximum atomic E-state index is 13.4. The van der Waals surface area contributed by atoms with Gasteiger partial charge in [0.15, 0.2) is 5.43 Å². The number of nitrogens with zero attached hydrogens (tertiary/aromatic N) is 2. The van der Waals surface area contributed by atoms with Crippen molar-refractivity contribution in [3.63, 3.8) is 0 Å². The summed E-state index contributed by atoms with van der Waals surface area (Å²) in [7, 11) is 0. The highest BCUT2D eigenvalue weighted by atomic mass is 35.5. The molecular weight excluding hydrogens is 452 g/mol. The van der Waals surface area contributed by atoms with E-state index in [2.05, 4.69) is 20.2 Å². The Morgan fingerprint density at radius 3 is 2.68 bits per heavy atom. The first-order chi connectivity index (χ1) is 16.6. The number of benzene rings is 2. The van der Waals surface area contributed by atoms with Crippen LogP contribution in [0.1, 0.15) is 27.5 Å². The Morgan fingerprint density at radius 1 is 1.09 bits per heavy atom. The number of fused-ring (bicyclic) bond motifs is 1. The van der Waals surface area contributed by atoms with E-state index < -0.39 is 6.04 Å². The van der Waals surface area contributed by atoms with Crippen molar-refractivity contribution in [2.75, 3.05) is 31.2 Å². The zero-order valence-corrected chi connectivity index (χ0v) is 19.1. The summed E-state index contributed by atoms with van der Waals surface area (Å²) in [6.45, 7) is 2.71. The Balaban J connectivity index is 1.50. The van der Waals surface area contributed by atoms with Crippen molar-refractivity contribution in [1.82, 2.24) is 15.3 Å². The fraction of sp³-hybridized carbons (Fsp3) is 0.192. The van der Waals surface area contributed by atoms with Gasteiger partial charge in [-0.05, 0) is 35.9 Å². The van der Waals surface area contributed by atoms with E-state index in [1.54, 1.807) is 42.7 Å². The Kier molecular flexibility index (Phi) is 6.29. The monoisotopic (exact) mass is 474 g/mol. The molecule has 0 spiro atoms.